The van der Waals surface area contributed by atoms with E-state index in [0.29, 0.717) is 53.4 Å². The van der Waals surface area contributed by atoms with Crippen molar-refractivity contribution >= 4 is 43.3 Å². The predicted molar refractivity (Wildman–Crippen MR) is 194 cm³/mol. The Balaban J connectivity index is 1.46. The Morgan fingerprint density at radius 3 is 2.53 bits per heavy atom. The van der Waals surface area contributed by atoms with Crippen LogP contribution in [-0.4, -0.2) is 90.7 Å². The fraction of sp³-hybridized carbons (Fsp3) is 0.571. The van der Waals surface area contributed by atoms with Crippen LogP contribution in [0.1, 0.15) is 59.6 Å². The smallest absolute Gasteiger partial charge is 0.414 e. The van der Waals surface area contributed by atoms with E-state index in [1.807, 2.05) is 26.8 Å². The number of ether oxygens (including phenoxy) is 2. The second-order valence-electron chi connectivity index (χ2n) is 15.6. The van der Waals surface area contributed by atoms with Crippen molar-refractivity contribution in [3.8, 4) is 17.3 Å². The minimum Gasteiger partial charge on any atom is -0.443 e. The van der Waals surface area contributed by atoms with Crippen molar-refractivity contribution in [1.29, 1.82) is 5.26 Å². The lowest BCUT2D eigenvalue weighted by Crippen LogP contribution is -2.46. The van der Waals surface area contributed by atoms with Gasteiger partial charge in [0.05, 0.1) is 48.6 Å². The van der Waals surface area contributed by atoms with Crippen LogP contribution in [0.25, 0.3) is 11.3 Å². The van der Waals surface area contributed by atoms with Gasteiger partial charge in [-0.15, -0.1) is 0 Å². The lowest BCUT2D eigenvalue weighted by atomic mass is 9.83. The zero-order chi connectivity index (χ0) is 35.8. The monoisotopic (exact) mass is 708 g/mol. The number of carbonyl (C=O) groups is 1. The van der Waals surface area contributed by atoms with Gasteiger partial charge in [0.1, 0.15) is 11.7 Å². The lowest BCUT2D eigenvalue weighted by Gasteiger charge is -2.39. The molecule has 1 aromatic carbocycles. The van der Waals surface area contributed by atoms with E-state index in [1.165, 1.54) is 0 Å². The molecule has 0 radical (unpaired) electrons. The third-order valence-electron chi connectivity index (χ3n) is 9.53. The summed E-state index contributed by atoms with van der Waals surface area (Å²) in [5.74, 6) is 0.338. The number of anilines is 3. The number of nitrogens with one attached hydrogen (secondary N) is 1. The molecule has 49 heavy (non-hydrogen) atoms. The minimum atomic E-state index is -2.14. The van der Waals surface area contributed by atoms with Crippen LogP contribution in [0.15, 0.2) is 30.6 Å². The van der Waals surface area contributed by atoms with Crippen molar-refractivity contribution in [1.82, 2.24) is 24.6 Å². The Morgan fingerprint density at radius 2 is 1.88 bits per heavy atom. The predicted octanol–water partition coefficient (Wildman–Crippen LogP) is 6.98. The molecule has 264 valence electrons. The van der Waals surface area contributed by atoms with Gasteiger partial charge in [-0.3, -0.25) is 14.5 Å². The average molecular weight is 709 g/mol. The molecular weight excluding hydrogens is 660 g/mol. The molecule has 4 heterocycles. The first kappa shape index (κ1) is 36.7. The molecule has 0 aliphatic carbocycles. The van der Waals surface area contributed by atoms with Crippen molar-refractivity contribution in [2.24, 2.45) is 0 Å². The Morgan fingerprint density at radius 1 is 1.16 bits per heavy atom. The number of nitriles is 1. The summed E-state index contributed by atoms with van der Waals surface area (Å²) in [5, 5.41) is 18.6. The summed E-state index contributed by atoms with van der Waals surface area (Å²) >= 11 is 6.70. The molecule has 0 saturated carbocycles. The first-order chi connectivity index (χ1) is 22.9. The maximum atomic E-state index is 13.6. The highest BCUT2D eigenvalue weighted by Crippen LogP contribution is 2.47. The zero-order valence-electron chi connectivity index (χ0n) is 30.2. The topological polar surface area (TPSA) is 131 Å². The maximum absolute atomic E-state index is 13.6. The normalized spacial score (nSPS) is 18.7. The van der Waals surface area contributed by atoms with Crippen LogP contribution in [0.5, 0.6) is 0 Å². The fourth-order valence-electron chi connectivity index (χ4n) is 5.66. The molecule has 2 aliphatic rings. The molecule has 1 amide bonds. The van der Waals surface area contributed by atoms with Crippen LogP contribution in [0, 0.1) is 11.3 Å². The average Bonchev–Trinajstić information content (AvgIpc) is 3.54. The molecule has 1 atom stereocenters. The zero-order valence-corrected chi connectivity index (χ0v) is 31.9. The Bertz CT molecular complexity index is 1720. The van der Waals surface area contributed by atoms with Crippen LogP contribution >= 0.6 is 11.6 Å². The third kappa shape index (κ3) is 8.27. The largest absolute Gasteiger partial charge is 0.443 e. The number of aromatic nitrogens is 4. The fourth-order valence-corrected chi connectivity index (χ4v) is 6.99. The molecule has 3 aromatic rings. The molecule has 5 rings (SSSR count). The summed E-state index contributed by atoms with van der Waals surface area (Å²) < 4.78 is 19.8. The number of fused-ring (bicyclic) bond motifs is 1. The Kier molecular flexibility index (Phi) is 10.5. The molecule has 12 nitrogen and oxygen atoms in total. The number of halogens is 1. The molecular formula is C35H49ClN8O4Si. The third-order valence-corrected chi connectivity index (χ3v) is 14.4. The Labute approximate surface area is 295 Å². The molecule has 1 fully saturated rings. The van der Waals surface area contributed by atoms with Gasteiger partial charge in [0, 0.05) is 50.0 Å². The van der Waals surface area contributed by atoms with Gasteiger partial charge in [-0.25, -0.2) is 14.8 Å². The van der Waals surface area contributed by atoms with E-state index in [4.69, 9.17) is 30.5 Å². The van der Waals surface area contributed by atoms with E-state index in [-0.39, 0.29) is 5.04 Å². The van der Waals surface area contributed by atoms with Crippen LogP contribution in [0.4, 0.5) is 22.1 Å². The molecule has 0 spiro atoms. The second kappa shape index (κ2) is 14.0. The second-order valence-corrected chi connectivity index (χ2v) is 20.8. The first-order valence-electron chi connectivity index (χ1n) is 16.8. The van der Waals surface area contributed by atoms with Crippen molar-refractivity contribution in [3.05, 3.63) is 46.9 Å². The number of carbonyl (C=O) groups excluding carboxylic acids is 1. The van der Waals surface area contributed by atoms with E-state index in [2.05, 4.69) is 67.2 Å². The minimum absolute atomic E-state index is 0.00179. The number of hydrogen-bond acceptors (Lipinski definition) is 10. The number of hydrogen-bond donors (Lipinski definition) is 1. The van der Waals surface area contributed by atoms with Crippen LogP contribution < -0.4 is 10.2 Å². The number of benzene rings is 1. The van der Waals surface area contributed by atoms with Crippen molar-refractivity contribution in [2.45, 2.75) is 84.2 Å². The van der Waals surface area contributed by atoms with Crippen LogP contribution in [0.2, 0.25) is 23.3 Å². The molecule has 1 saturated heterocycles. The van der Waals surface area contributed by atoms with Gasteiger partial charge in [0.25, 0.3) is 0 Å². The van der Waals surface area contributed by atoms with E-state index in [9.17, 15) is 10.1 Å². The summed E-state index contributed by atoms with van der Waals surface area (Å²) in [5.41, 5.74) is 2.35. The molecule has 2 aliphatic heterocycles. The molecule has 14 heteroatoms. The molecule has 2 aromatic heterocycles. The standard InChI is InChI=1S/C35H49ClN8O4Si/c1-33(2,3)48-32(45)43-22-35(7,23-47-49(8,9)34(4,5)6)26-19-24(18-25(20-37)29(26)43)27-10-11-38-31(40-27)41-28-21-39-44(30(28)36)13-12-42-14-16-46-17-15-42/h10-11,18-19,21H,12-17,22-23H2,1-9H3,(H,38,40,41)/t35-/m1/s1. The molecule has 0 bridgehead atoms. The van der Waals surface area contributed by atoms with Crippen molar-refractivity contribution in [3.63, 3.8) is 0 Å². The highest BCUT2D eigenvalue weighted by Gasteiger charge is 2.47. The van der Waals surface area contributed by atoms with Gasteiger partial charge < -0.3 is 19.2 Å². The first-order valence-corrected chi connectivity index (χ1v) is 20.0. The Hall–Kier alpha value is -3.54. The summed E-state index contributed by atoms with van der Waals surface area (Å²) in [6, 6.07) is 7.91. The summed E-state index contributed by atoms with van der Waals surface area (Å²) in [6.45, 7) is 24.0. The van der Waals surface area contributed by atoms with E-state index in [1.54, 1.807) is 34.1 Å². The van der Waals surface area contributed by atoms with Gasteiger partial charge in [0.2, 0.25) is 5.95 Å². The number of morpholine rings is 1. The SMILES string of the molecule is CC(C)(C)OC(=O)N1C[C@](C)(CO[Si](C)(C)C(C)(C)C)c2cc(-c3ccnc(Nc4cnn(CCN5CCOCC5)c4Cl)n3)cc(C#N)c21. The number of nitrogens with zero attached hydrogens (tertiary/aromatic N) is 7. The highest BCUT2D eigenvalue weighted by atomic mass is 35.5. The van der Waals surface area contributed by atoms with Gasteiger partial charge in [-0.05, 0) is 62.7 Å². The molecule has 0 unspecified atom stereocenters. The quantitative estimate of drug-likeness (QED) is 0.233. The highest BCUT2D eigenvalue weighted by molar-refractivity contribution is 6.74. The summed E-state index contributed by atoms with van der Waals surface area (Å²) in [6.07, 6.45) is 2.83. The van der Waals surface area contributed by atoms with Gasteiger partial charge in [0.15, 0.2) is 13.5 Å². The van der Waals surface area contributed by atoms with Crippen LogP contribution in [0.3, 0.4) is 0 Å². The number of amides is 1. The van der Waals surface area contributed by atoms with Crippen LogP contribution in [-0.2, 0) is 25.9 Å². The van der Waals surface area contributed by atoms with E-state index < -0.39 is 25.4 Å². The maximum Gasteiger partial charge on any atom is 0.414 e. The van der Waals surface area contributed by atoms with E-state index in [0.717, 1.165) is 44.0 Å². The lowest BCUT2D eigenvalue weighted by molar-refractivity contribution is 0.0360. The molecule has 1 N–H and O–H groups in total. The van der Waals surface area contributed by atoms with Gasteiger partial charge in [-0.2, -0.15) is 10.4 Å². The van der Waals surface area contributed by atoms with Gasteiger partial charge >= 0.3 is 6.09 Å². The van der Waals surface area contributed by atoms with Crippen molar-refractivity contribution in [2.75, 3.05) is 56.2 Å². The summed E-state index contributed by atoms with van der Waals surface area (Å²) in [7, 11) is -2.14. The summed E-state index contributed by atoms with van der Waals surface area (Å²) in [4.78, 5) is 26.7. The van der Waals surface area contributed by atoms with Crippen molar-refractivity contribution < 1.29 is 18.7 Å². The van der Waals surface area contributed by atoms with Gasteiger partial charge in [-0.1, -0.05) is 39.3 Å². The number of rotatable bonds is 9. The van der Waals surface area contributed by atoms with E-state index >= 15 is 0 Å².